The third kappa shape index (κ3) is 2.84. The minimum absolute atomic E-state index is 0.127. The fraction of sp³-hybridized carbons (Fsp3) is 0.111. The number of allylic oxidation sites excluding steroid dienone is 1. The Morgan fingerprint density at radius 1 is 1.14 bits per heavy atom. The van der Waals surface area contributed by atoms with Crippen LogP contribution in [0.25, 0.3) is 5.57 Å². The first-order chi connectivity index (χ1) is 6.30. The minimum atomic E-state index is -3.49. The summed E-state index contributed by atoms with van der Waals surface area (Å²) in [6.07, 6.45) is 0. The molecule has 0 fully saturated rings. The molecule has 0 atom stereocenters. The Labute approximate surface area is 95.1 Å². The lowest BCUT2D eigenvalue weighted by Gasteiger charge is -2.11. The number of hydrogen-bond donors (Lipinski definition) is 0. The average Bonchev–Trinajstić information content (AvgIpc) is 1.99. The third-order valence-electron chi connectivity index (χ3n) is 1.55. The van der Waals surface area contributed by atoms with Gasteiger partial charge in [0, 0.05) is 15.6 Å². The molecular formula is C9H5Cl3F2. The highest BCUT2D eigenvalue weighted by Gasteiger charge is 2.30. The molecule has 0 aliphatic carbocycles. The molecule has 14 heavy (non-hydrogen) atoms. The van der Waals surface area contributed by atoms with Crippen molar-refractivity contribution in [1.29, 1.82) is 0 Å². The molecule has 0 amide bonds. The van der Waals surface area contributed by atoms with Gasteiger partial charge in [0.1, 0.15) is 0 Å². The van der Waals surface area contributed by atoms with Gasteiger partial charge < -0.3 is 0 Å². The normalized spacial score (nSPS) is 11.5. The van der Waals surface area contributed by atoms with Gasteiger partial charge in [0.25, 0.3) is 0 Å². The van der Waals surface area contributed by atoms with Crippen molar-refractivity contribution in [2.45, 2.75) is 5.38 Å². The van der Waals surface area contributed by atoms with Gasteiger partial charge in [-0.2, -0.15) is 8.78 Å². The first-order valence-corrected chi connectivity index (χ1v) is 4.66. The van der Waals surface area contributed by atoms with E-state index in [2.05, 4.69) is 6.58 Å². The summed E-state index contributed by atoms with van der Waals surface area (Å²) < 4.78 is 25.3. The van der Waals surface area contributed by atoms with Crippen LogP contribution in [0, 0.1) is 0 Å². The highest BCUT2D eigenvalue weighted by Crippen LogP contribution is 2.36. The smallest absolute Gasteiger partial charge is 0.183 e. The molecule has 0 N–H and O–H groups in total. The van der Waals surface area contributed by atoms with E-state index in [1.54, 1.807) is 0 Å². The molecular weight excluding hydrogens is 252 g/mol. The summed E-state index contributed by atoms with van der Waals surface area (Å²) in [5, 5.41) is -2.97. The van der Waals surface area contributed by atoms with E-state index in [9.17, 15) is 8.78 Å². The van der Waals surface area contributed by atoms with Crippen molar-refractivity contribution in [3.63, 3.8) is 0 Å². The Kier molecular flexibility index (Phi) is 3.40. The van der Waals surface area contributed by atoms with E-state index < -0.39 is 11.0 Å². The largest absolute Gasteiger partial charge is 0.348 e. The summed E-state index contributed by atoms with van der Waals surface area (Å²) in [5.74, 6) is 0. The predicted octanol–water partition coefficient (Wildman–Crippen LogP) is 4.84. The summed E-state index contributed by atoms with van der Waals surface area (Å²) in [6.45, 7) is 3.18. The summed E-state index contributed by atoms with van der Waals surface area (Å²) >= 11 is 16.1. The van der Waals surface area contributed by atoms with Gasteiger partial charge in [0.15, 0.2) is 0 Å². The summed E-state index contributed by atoms with van der Waals surface area (Å²) in [6, 6.07) is 4.09. The molecule has 0 saturated carbocycles. The SMILES string of the molecule is C=C(c1cc(Cl)cc(Cl)c1)C(F)(F)Cl. The van der Waals surface area contributed by atoms with Gasteiger partial charge >= 0.3 is 5.38 Å². The first kappa shape index (κ1) is 11.8. The van der Waals surface area contributed by atoms with Crippen LogP contribution in [0.15, 0.2) is 24.8 Å². The monoisotopic (exact) mass is 256 g/mol. The Morgan fingerprint density at radius 2 is 1.57 bits per heavy atom. The lowest BCUT2D eigenvalue weighted by atomic mass is 10.1. The maximum Gasteiger partial charge on any atom is 0.348 e. The van der Waals surface area contributed by atoms with Crippen LogP contribution in [0.1, 0.15) is 5.56 Å². The van der Waals surface area contributed by atoms with Gasteiger partial charge in [0.2, 0.25) is 0 Å². The molecule has 0 aliphatic heterocycles. The molecule has 5 heteroatoms. The van der Waals surface area contributed by atoms with Crippen LogP contribution < -0.4 is 0 Å². The zero-order valence-corrected chi connectivity index (χ0v) is 9.10. The van der Waals surface area contributed by atoms with Crippen LogP contribution in [0.2, 0.25) is 10.0 Å². The summed E-state index contributed by atoms with van der Waals surface area (Å²) in [4.78, 5) is 0. The Balaban J connectivity index is 3.14. The minimum Gasteiger partial charge on any atom is -0.183 e. The number of rotatable bonds is 2. The van der Waals surface area contributed by atoms with E-state index in [0.29, 0.717) is 0 Å². The van der Waals surface area contributed by atoms with E-state index in [1.165, 1.54) is 18.2 Å². The number of halogens is 5. The van der Waals surface area contributed by atoms with Gasteiger partial charge in [0.05, 0.1) is 0 Å². The van der Waals surface area contributed by atoms with Crippen LogP contribution in [0.4, 0.5) is 8.78 Å². The molecule has 0 aromatic heterocycles. The molecule has 76 valence electrons. The maximum atomic E-state index is 12.6. The number of hydrogen-bond acceptors (Lipinski definition) is 0. The second-order valence-electron chi connectivity index (χ2n) is 2.63. The van der Waals surface area contributed by atoms with Crippen molar-refractivity contribution in [2.24, 2.45) is 0 Å². The highest BCUT2D eigenvalue weighted by atomic mass is 35.5. The molecule has 1 aromatic carbocycles. The second kappa shape index (κ2) is 4.05. The zero-order valence-electron chi connectivity index (χ0n) is 6.83. The van der Waals surface area contributed by atoms with E-state index in [1.807, 2.05) is 0 Å². The van der Waals surface area contributed by atoms with E-state index in [0.717, 1.165) is 0 Å². The fourth-order valence-electron chi connectivity index (χ4n) is 0.892. The average molecular weight is 257 g/mol. The van der Waals surface area contributed by atoms with Crippen molar-refractivity contribution in [3.05, 3.63) is 40.4 Å². The highest BCUT2D eigenvalue weighted by molar-refractivity contribution is 6.35. The number of benzene rings is 1. The molecule has 0 aliphatic rings. The van der Waals surface area contributed by atoms with Crippen molar-refractivity contribution >= 4 is 40.4 Å². The van der Waals surface area contributed by atoms with E-state index in [-0.39, 0.29) is 15.6 Å². The molecule has 0 spiro atoms. The number of alkyl halides is 3. The first-order valence-electron chi connectivity index (χ1n) is 3.53. The second-order valence-corrected chi connectivity index (χ2v) is 3.98. The van der Waals surface area contributed by atoms with Crippen LogP contribution >= 0.6 is 34.8 Å². The Morgan fingerprint density at radius 3 is 1.93 bits per heavy atom. The van der Waals surface area contributed by atoms with Crippen molar-refractivity contribution < 1.29 is 8.78 Å². The molecule has 0 unspecified atom stereocenters. The van der Waals surface area contributed by atoms with Crippen LogP contribution in [0.5, 0.6) is 0 Å². The van der Waals surface area contributed by atoms with Gasteiger partial charge in [-0.25, -0.2) is 0 Å². The molecule has 1 aromatic rings. The molecule has 0 saturated heterocycles. The molecule has 0 radical (unpaired) electrons. The quantitative estimate of drug-likeness (QED) is 0.665. The summed E-state index contributed by atoms with van der Waals surface area (Å²) in [5.41, 5.74) is -0.397. The van der Waals surface area contributed by atoms with Gasteiger partial charge in [-0.3, -0.25) is 0 Å². The third-order valence-corrected chi connectivity index (χ3v) is 2.22. The summed E-state index contributed by atoms with van der Waals surface area (Å²) in [7, 11) is 0. The van der Waals surface area contributed by atoms with Crippen LogP contribution in [-0.4, -0.2) is 5.38 Å². The molecule has 0 heterocycles. The standard InChI is InChI=1S/C9H5Cl3F2/c1-5(9(12,13)14)6-2-7(10)4-8(11)3-6/h2-4H,1H2. The molecule has 0 bridgehead atoms. The van der Waals surface area contributed by atoms with Gasteiger partial charge in [-0.15, -0.1) is 0 Å². The molecule has 1 rings (SSSR count). The predicted molar refractivity (Wildman–Crippen MR) is 56.3 cm³/mol. The molecule has 0 nitrogen and oxygen atoms in total. The topological polar surface area (TPSA) is 0 Å². The lowest BCUT2D eigenvalue weighted by Crippen LogP contribution is -2.07. The fourth-order valence-corrected chi connectivity index (χ4v) is 1.53. The van der Waals surface area contributed by atoms with E-state index >= 15 is 0 Å². The van der Waals surface area contributed by atoms with Gasteiger partial charge in [-0.1, -0.05) is 29.8 Å². The van der Waals surface area contributed by atoms with Gasteiger partial charge in [-0.05, 0) is 35.4 Å². The van der Waals surface area contributed by atoms with Crippen LogP contribution in [0.3, 0.4) is 0 Å². The zero-order chi connectivity index (χ0) is 10.9. The lowest BCUT2D eigenvalue weighted by molar-refractivity contribution is 0.165. The Hall–Kier alpha value is -0.310. The Bertz CT molecular complexity index is 349. The maximum absolute atomic E-state index is 12.6. The van der Waals surface area contributed by atoms with Crippen molar-refractivity contribution in [3.8, 4) is 0 Å². The van der Waals surface area contributed by atoms with E-state index in [4.69, 9.17) is 34.8 Å². The van der Waals surface area contributed by atoms with Crippen molar-refractivity contribution in [1.82, 2.24) is 0 Å². The van der Waals surface area contributed by atoms with Crippen molar-refractivity contribution in [2.75, 3.05) is 0 Å². The van der Waals surface area contributed by atoms with Crippen LogP contribution in [-0.2, 0) is 0 Å².